The van der Waals surface area contributed by atoms with Crippen LogP contribution in [0.3, 0.4) is 0 Å². The fraction of sp³-hybridized carbons (Fsp3) is 0.412. The Morgan fingerprint density at radius 3 is 2.76 bits per heavy atom. The summed E-state index contributed by atoms with van der Waals surface area (Å²) in [5, 5.41) is 3.25. The van der Waals surface area contributed by atoms with Crippen LogP contribution >= 0.6 is 0 Å². The van der Waals surface area contributed by atoms with Crippen LogP contribution in [0, 0.1) is 0 Å². The number of rotatable bonds is 5. The van der Waals surface area contributed by atoms with Crippen molar-refractivity contribution in [1.82, 2.24) is 14.9 Å². The number of nitrogens with one attached hydrogen (secondary N) is 1. The van der Waals surface area contributed by atoms with E-state index in [9.17, 15) is 0 Å². The number of aromatic nitrogens is 2. The molecular weight excluding hydrogens is 260 g/mol. The van der Waals surface area contributed by atoms with Crippen molar-refractivity contribution >= 4 is 5.82 Å². The SMILES string of the molecule is CCCNc1cnc(CN2CCc3ccccc3C2)cn1. The molecule has 1 aliphatic heterocycles. The second-order valence-electron chi connectivity index (χ2n) is 5.55. The van der Waals surface area contributed by atoms with E-state index in [4.69, 9.17) is 0 Å². The average molecular weight is 282 g/mol. The van der Waals surface area contributed by atoms with E-state index in [2.05, 4.69) is 51.4 Å². The maximum absolute atomic E-state index is 4.52. The summed E-state index contributed by atoms with van der Waals surface area (Å²) in [6.07, 6.45) is 5.94. The van der Waals surface area contributed by atoms with Crippen LogP contribution in [-0.4, -0.2) is 28.0 Å². The normalized spacial score (nSPS) is 14.7. The number of hydrogen-bond donors (Lipinski definition) is 1. The van der Waals surface area contributed by atoms with Gasteiger partial charge in [0, 0.05) is 26.2 Å². The van der Waals surface area contributed by atoms with Crippen LogP contribution in [0.5, 0.6) is 0 Å². The highest BCUT2D eigenvalue weighted by Gasteiger charge is 2.16. The molecule has 1 N–H and O–H groups in total. The molecule has 21 heavy (non-hydrogen) atoms. The van der Waals surface area contributed by atoms with Gasteiger partial charge in [-0.25, -0.2) is 4.98 Å². The molecule has 0 radical (unpaired) electrons. The van der Waals surface area contributed by atoms with Gasteiger partial charge in [0.2, 0.25) is 0 Å². The second kappa shape index (κ2) is 6.68. The van der Waals surface area contributed by atoms with E-state index in [1.54, 1.807) is 0 Å². The Morgan fingerprint density at radius 1 is 1.14 bits per heavy atom. The van der Waals surface area contributed by atoms with Gasteiger partial charge in [-0.2, -0.15) is 0 Å². The molecular formula is C17H22N4. The Labute approximate surface area is 126 Å². The van der Waals surface area contributed by atoms with Crippen LogP contribution in [0.15, 0.2) is 36.7 Å². The molecule has 0 saturated carbocycles. The zero-order valence-corrected chi connectivity index (χ0v) is 12.5. The Kier molecular flexibility index (Phi) is 4.46. The molecule has 2 aromatic rings. The molecule has 4 heteroatoms. The van der Waals surface area contributed by atoms with Gasteiger partial charge in [0.15, 0.2) is 0 Å². The fourth-order valence-electron chi connectivity index (χ4n) is 2.70. The minimum Gasteiger partial charge on any atom is -0.369 e. The molecule has 2 heterocycles. The van der Waals surface area contributed by atoms with E-state index in [1.165, 1.54) is 11.1 Å². The first kappa shape index (κ1) is 14.0. The minimum atomic E-state index is 0.865. The van der Waals surface area contributed by atoms with Gasteiger partial charge < -0.3 is 5.32 Å². The van der Waals surface area contributed by atoms with Crippen LogP contribution in [0.1, 0.15) is 30.2 Å². The monoisotopic (exact) mass is 282 g/mol. The Morgan fingerprint density at radius 2 is 2.00 bits per heavy atom. The lowest BCUT2D eigenvalue weighted by atomic mass is 10.00. The third kappa shape index (κ3) is 3.58. The number of fused-ring (bicyclic) bond motifs is 1. The quantitative estimate of drug-likeness (QED) is 0.915. The molecule has 0 atom stereocenters. The molecule has 0 spiro atoms. The van der Waals surface area contributed by atoms with E-state index < -0.39 is 0 Å². The largest absolute Gasteiger partial charge is 0.369 e. The van der Waals surface area contributed by atoms with Crippen molar-refractivity contribution in [3.8, 4) is 0 Å². The molecule has 0 unspecified atom stereocenters. The molecule has 3 rings (SSSR count). The number of nitrogens with zero attached hydrogens (tertiary/aromatic N) is 3. The number of hydrogen-bond acceptors (Lipinski definition) is 4. The summed E-state index contributed by atoms with van der Waals surface area (Å²) in [5.41, 5.74) is 3.97. The van der Waals surface area contributed by atoms with Gasteiger partial charge in [0.05, 0.1) is 18.1 Å². The van der Waals surface area contributed by atoms with E-state index >= 15 is 0 Å². The summed E-state index contributed by atoms with van der Waals surface area (Å²) < 4.78 is 0. The van der Waals surface area contributed by atoms with Gasteiger partial charge in [-0.05, 0) is 24.0 Å². The highest BCUT2D eigenvalue weighted by Crippen LogP contribution is 2.19. The van der Waals surface area contributed by atoms with Crippen molar-refractivity contribution in [2.24, 2.45) is 0 Å². The van der Waals surface area contributed by atoms with Crippen LogP contribution < -0.4 is 5.32 Å². The molecule has 0 fully saturated rings. The smallest absolute Gasteiger partial charge is 0.144 e. The van der Waals surface area contributed by atoms with Crippen molar-refractivity contribution in [3.05, 3.63) is 53.5 Å². The van der Waals surface area contributed by atoms with Gasteiger partial charge >= 0.3 is 0 Å². The van der Waals surface area contributed by atoms with Crippen LogP contribution in [-0.2, 0) is 19.5 Å². The molecule has 1 aromatic carbocycles. The van der Waals surface area contributed by atoms with E-state index in [0.717, 1.165) is 50.5 Å². The number of benzene rings is 1. The van der Waals surface area contributed by atoms with E-state index in [1.807, 2.05) is 12.4 Å². The van der Waals surface area contributed by atoms with Gasteiger partial charge in [0.25, 0.3) is 0 Å². The first-order valence-electron chi connectivity index (χ1n) is 7.69. The Balaban J connectivity index is 1.60. The molecule has 0 aliphatic carbocycles. The highest BCUT2D eigenvalue weighted by atomic mass is 15.1. The van der Waals surface area contributed by atoms with E-state index in [-0.39, 0.29) is 0 Å². The van der Waals surface area contributed by atoms with Crippen molar-refractivity contribution < 1.29 is 0 Å². The van der Waals surface area contributed by atoms with Gasteiger partial charge in [-0.3, -0.25) is 9.88 Å². The highest BCUT2D eigenvalue weighted by molar-refractivity contribution is 5.31. The maximum Gasteiger partial charge on any atom is 0.144 e. The lowest BCUT2D eigenvalue weighted by Gasteiger charge is -2.28. The second-order valence-corrected chi connectivity index (χ2v) is 5.55. The van der Waals surface area contributed by atoms with Crippen molar-refractivity contribution in [1.29, 1.82) is 0 Å². The summed E-state index contributed by atoms with van der Waals surface area (Å²) in [7, 11) is 0. The summed E-state index contributed by atoms with van der Waals surface area (Å²) in [5.74, 6) is 0.865. The fourth-order valence-corrected chi connectivity index (χ4v) is 2.70. The average Bonchev–Trinajstić information content (AvgIpc) is 2.54. The molecule has 4 nitrogen and oxygen atoms in total. The molecule has 1 aromatic heterocycles. The standard InChI is InChI=1S/C17H22N4/c1-2-8-18-17-11-19-16(10-20-17)13-21-9-7-14-5-3-4-6-15(14)12-21/h3-6,10-11H,2,7-9,12-13H2,1H3,(H,18,20). The molecule has 110 valence electrons. The van der Waals surface area contributed by atoms with Gasteiger partial charge in [-0.1, -0.05) is 31.2 Å². The lowest BCUT2D eigenvalue weighted by Crippen LogP contribution is -2.30. The van der Waals surface area contributed by atoms with Gasteiger partial charge in [0.1, 0.15) is 5.82 Å². The Hall–Kier alpha value is -1.94. The predicted molar refractivity (Wildman–Crippen MR) is 85.1 cm³/mol. The molecule has 0 bridgehead atoms. The third-order valence-corrected chi connectivity index (χ3v) is 3.86. The molecule has 0 amide bonds. The molecule has 1 aliphatic rings. The zero-order chi connectivity index (χ0) is 14.5. The van der Waals surface area contributed by atoms with Crippen LogP contribution in [0.4, 0.5) is 5.82 Å². The van der Waals surface area contributed by atoms with Crippen LogP contribution in [0.2, 0.25) is 0 Å². The number of anilines is 1. The predicted octanol–water partition coefficient (Wildman–Crippen LogP) is 2.86. The lowest BCUT2D eigenvalue weighted by molar-refractivity contribution is 0.242. The Bertz CT molecular complexity index is 580. The maximum atomic E-state index is 4.52. The summed E-state index contributed by atoms with van der Waals surface area (Å²) in [6, 6.07) is 8.71. The first-order valence-corrected chi connectivity index (χ1v) is 7.69. The molecule has 0 saturated heterocycles. The summed E-state index contributed by atoms with van der Waals surface area (Å²) in [4.78, 5) is 11.4. The summed E-state index contributed by atoms with van der Waals surface area (Å²) >= 11 is 0. The first-order chi connectivity index (χ1) is 10.3. The third-order valence-electron chi connectivity index (χ3n) is 3.86. The zero-order valence-electron chi connectivity index (χ0n) is 12.5. The van der Waals surface area contributed by atoms with Crippen molar-refractivity contribution in [3.63, 3.8) is 0 Å². The summed E-state index contributed by atoms with van der Waals surface area (Å²) in [6.45, 7) is 6.05. The topological polar surface area (TPSA) is 41.1 Å². The van der Waals surface area contributed by atoms with Crippen molar-refractivity contribution in [2.45, 2.75) is 32.9 Å². The van der Waals surface area contributed by atoms with E-state index in [0.29, 0.717) is 0 Å². The van der Waals surface area contributed by atoms with Gasteiger partial charge in [-0.15, -0.1) is 0 Å². The minimum absolute atomic E-state index is 0.865. The van der Waals surface area contributed by atoms with Crippen molar-refractivity contribution in [2.75, 3.05) is 18.4 Å². The van der Waals surface area contributed by atoms with Crippen LogP contribution in [0.25, 0.3) is 0 Å².